The molecular weight excluding hydrogens is 280 g/mol. The first-order valence-corrected chi connectivity index (χ1v) is 6.83. The number of carbonyl (C=O) groups is 2. The first kappa shape index (κ1) is 14.1. The van der Waals surface area contributed by atoms with Crippen LogP contribution in [0, 0.1) is 0 Å². The molecule has 2 aromatic carbocycles. The Hall–Kier alpha value is -2.88. The van der Waals surface area contributed by atoms with Crippen LogP contribution < -0.4 is 4.74 Å². The molecule has 0 amide bonds. The maximum Gasteiger partial charge on any atom is 0.344 e. The van der Waals surface area contributed by atoms with Crippen molar-refractivity contribution in [1.29, 1.82) is 0 Å². The van der Waals surface area contributed by atoms with E-state index in [1.165, 1.54) is 0 Å². The van der Waals surface area contributed by atoms with E-state index >= 15 is 0 Å². The molecule has 0 aliphatic carbocycles. The smallest absolute Gasteiger partial charge is 0.344 e. The van der Waals surface area contributed by atoms with Crippen LogP contribution in [0.3, 0.4) is 0 Å². The van der Waals surface area contributed by atoms with Crippen molar-refractivity contribution in [3.05, 3.63) is 70.8 Å². The van der Waals surface area contributed by atoms with Crippen molar-refractivity contribution >= 4 is 17.5 Å². The Labute approximate surface area is 128 Å². The number of ether oxygens (including phenoxy) is 2. The molecule has 4 nitrogen and oxygen atoms in total. The Morgan fingerprint density at radius 3 is 2.27 bits per heavy atom. The van der Waals surface area contributed by atoms with E-state index in [-0.39, 0.29) is 5.78 Å². The zero-order valence-electron chi connectivity index (χ0n) is 12.3. The van der Waals surface area contributed by atoms with Gasteiger partial charge in [0.1, 0.15) is 11.5 Å². The van der Waals surface area contributed by atoms with Gasteiger partial charge in [0.05, 0.1) is 12.7 Å². The molecule has 3 rings (SSSR count). The predicted molar refractivity (Wildman–Crippen MR) is 81.8 cm³/mol. The van der Waals surface area contributed by atoms with Crippen molar-refractivity contribution in [3.63, 3.8) is 0 Å². The molecule has 0 atom stereocenters. The van der Waals surface area contributed by atoms with Crippen LogP contribution in [-0.2, 0) is 4.74 Å². The van der Waals surface area contributed by atoms with Crippen molar-refractivity contribution in [2.45, 2.75) is 6.92 Å². The number of carbonyl (C=O) groups excluding carboxylic acids is 2. The zero-order valence-corrected chi connectivity index (χ0v) is 12.3. The summed E-state index contributed by atoms with van der Waals surface area (Å²) in [6, 6.07) is 13.9. The molecule has 1 heterocycles. The molecule has 0 radical (unpaired) electrons. The van der Waals surface area contributed by atoms with Crippen LogP contribution >= 0.6 is 0 Å². The van der Waals surface area contributed by atoms with Gasteiger partial charge in [0.2, 0.25) is 0 Å². The molecule has 0 N–H and O–H groups in total. The largest absolute Gasteiger partial charge is 0.497 e. The van der Waals surface area contributed by atoms with Crippen molar-refractivity contribution in [1.82, 2.24) is 0 Å². The van der Waals surface area contributed by atoms with E-state index in [9.17, 15) is 9.59 Å². The van der Waals surface area contributed by atoms with Gasteiger partial charge in [0.15, 0.2) is 5.78 Å². The van der Waals surface area contributed by atoms with Gasteiger partial charge in [-0.1, -0.05) is 18.2 Å². The average molecular weight is 294 g/mol. The SMILES string of the molecule is COc1ccc(C(=O)/C(C)=C2\OC(=O)c3ccccc32)cc1. The van der Waals surface area contributed by atoms with E-state index in [1.807, 2.05) is 6.07 Å². The van der Waals surface area contributed by atoms with Crippen molar-refractivity contribution in [2.24, 2.45) is 0 Å². The van der Waals surface area contributed by atoms with Gasteiger partial charge in [-0.3, -0.25) is 4.79 Å². The fourth-order valence-corrected chi connectivity index (χ4v) is 2.40. The average Bonchev–Trinajstić information content (AvgIpc) is 2.91. The molecule has 0 unspecified atom stereocenters. The summed E-state index contributed by atoms with van der Waals surface area (Å²) in [7, 11) is 1.57. The molecule has 0 saturated carbocycles. The van der Waals surface area contributed by atoms with Crippen LogP contribution in [0.2, 0.25) is 0 Å². The van der Waals surface area contributed by atoms with E-state index in [1.54, 1.807) is 56.5 Å². The molecule has 1 aliphatic heterocycles. The van der Waals surface area contributed by atoms with Gasteiger partial charge in [0, 0.05) is 16.7 Å². The van der Waals surface area contributed by atoms with E-state index in [0.717, 1.165) is 0 Å². The highest BCUT2D eigenvalue weighted by Gasteiger charge is 2.29. The van der Waals surface area contributed by atoms with Crippen LogP contribution in [0.4, 0.5) is 0 Å². The minimum Gasteiger partial charge on any atom is -0.497 e. The minimum absolute atomic E-state index is 0.179. The number of benzene rings is 2. The second kappa shape index (κ2) is 5.48. The second-order valence-corrected chi connectivity index (χ2v) is 4.95. The van der Waals surface area contributed by atoms with Gasteiger partial charge in [-0.15, -0.1) is 0 Å². The number of cyclic esters (lactones) is 1. The second-order valence-electron chi connectivity index (χ2n) is 4.95. The highest BCUT2D eigenvalue weighted by Crippen LogP contribution is 2.32. The summed E-state index contributed by atoms with van der Waals surface area (Å²) in [5.74, 6) is 0.413. The highest BCUT2D eigenvalue weighted by molar-refractivity contribution is 6.15. The number of allylic oxidation sites excluding steroid dienone is 1. The Balaban J connectivity index is 2.01. The summed E-state index contributed by atoms with van der Waals surface area (Å²) in [5, 5.41) is 0. The molecule has 4 heteroatoms. The Bertz CT molecular complexity index is 785. The molecule has 22 heavy (non-hydrogen) atoms. The third-order valence-electron chi connectivity index (χ3n) is 3.62. The summed E-state index contributed by atoms with van der Waals surface area (Å²) in [4.78, 5) is 24.4. The summed E-state index contributed by atoms with van der Waals surface area (Å²) < 4.78 is 10.4. The summed E-state index contributed by atoms with van der Waals surface area (Å²) in [6.45, 7) is 1.66. The predicted octanol–water partition coefficient (Wildman–Crippen LogP) is 3.48. The number of Topliss-reactive ketones (excluding diaryl/α,β-unsaturated/α-hetero) is 1. The van der Waals surface area contributed by atoms with Crippen molar-refractivity contribution in [2.75, 3.05) is 7.11 Å². The number of hydrogen-bond donors (Lipinski definition) is 0. The third-order valence-corrected chi connectivity index (χ3v) is 3.62. The molecule has 1 aliphatic rings. The maximum absolute atomic E-state index is 12.6. The maximum atomic E-state index is 12.6. The van der Waals surface area contributed by atoms with E-state index in [4.69, 9.17) is 9.47 Å². The third kappa shape index (κ3) is 2.29. The van der Waals surface area contributed by atoms with E-state index in [0.29, 0.717) is 33.8 Å². The summed E-state index contributed by atoms with van der Waals surface area (Å²) in [6.07, 6.45) is 0. The molecule has 0 aromatic heterocycles. The Morgan fingerprint density at radius 2 is 1.64 bits per heavy atom. The van der Waals surface area contributed by atoms with Crippen LogP contribution in [0.15, 0.2) is 54.1 Å². The monoisotopic (exact) mass is 294 g/mol. The summed E-state index contributed by atoms with van der Waals surface area (Å²) in [5.41, 5.74) is 2.07. The van der Waals surface area contributed by atoms with Gasteiger partial charge in [-0.05, 0) is 37.3 Å². The van der Waals surface area contributed by atoms with E-state index in [2.05, 4.69) is 0 Å². The zero-order chi connectivity index (χ0) is 15.7. The number of fused-ring (bicyclic) bond motifs is 1. The highest BCUT2D eigenvalue weighted by atomic mass is 16.5. The summed E-state index contributed by atoms with van der Waals surface area (Å²) >= 11 is 0. The standard InChI is InChI=1S/C18H14O4/c1-11(16(19)12-7-9-13(21-2)10-8-12)17-14-5-3-4-6-15(14)18(20)22-17/h3-10H,1-2H3/b17-11-. The lowest BCUT2D eigenvalue weighted by molar-refractivity contribution is 0.0714. The van der Waals surface area contributed by atoms with Gasteiger partial charge in [0.25, 0.3) is 0 Å². The normalized spacial score (nSPS) is 15.1. The van der Waals surface area contributed by atoms with Crippen molar-refractivity contribution < 1.29 is 19.1 Å². The molecular formula is C18H14O4. The van der Waals surface area contributed by atoms with Crippen LogP contribution in [0.5, 0.6) is 5.75 Å². The number of rotatable bonds is 3. The lowest BCUT2D eigenvalue weighted by atomic mass is 9.99. The topological polar surface area (TPSA) is 52.6 Å². The molecule has 110 valence electrons. The fraction of sp³-hybridized carbons (Fsp3) is 0.111. The van der Waals surface area contributed by atoms with E-state index < -0.39 is 5.97 Å². The van der Waals surface area contributed by atoms with Gasteiger partial charge in [-0.25, -0.2) is 4.79 Å². The van der Waals surface area contributed by atoms with Gasteiger partial charge >= 0.3 is 5.97 Å². The lowest BCUT2D eigenvalue weighted by Crippen LogP contribution is -2.04. The first-order valence-electron chi connectivity index (χ1n) is 6.83. The van der Waals surface area contributed by atoms with Gasteiger partial charge < -0.3 is 9.47 Å². The van der Waals surface area contributed by atoms with Crippen molar-refractivity contribution in [3.8, 4) is 5.75 Å². The Morgan fingerprint density at radius 1 is 1.00 bits per heavy atom. The Kier molecular flexibility index (Phi) is 3.51. The number of methoxy groups -OCH3 is 1. The number of esters is 1. The van der Waals surface area contributed by atoms with Crippen LogP contribution in [-0.4, -0.2) is 18.9 Å². The molecule has 0 spiro atoms. The number of hydrogen-bond acceptors (Lipinski definition) is 4. The molecule has 0 bridgehead atoms. The van der Waals surface area contributed by atoms with Crippen LogP contribution in [0.1, 0.15) is 33.2 Å². The first-order chi connectivity index (χ1) is 10.6. The molecule has 2 aromatic rings. The lowest BCUT2D eigenvalue weighted by Gasteiger charge is -2.06. The van der Waals surface area contributed by atoms with Gasteiger partial charge in [-0.2, -0.15) is 0 Å². The fourth-order valence-electron chi connectivity index (χ4n) is 2.40. The minimum atomic E-state index is -0.424. The molecule has 0 saturated heterocycles. The molecule has 0 fully saturated rings. The van der Waals surface area contributed by atoms with Crippen LogP contribution in [0.25, 0.3) is 5.76 Å². The quantitative estimate of drug-likeness (QED) is 0.494. The number of ketones is 1.